The summed E-state index contributed by atoms with van der Waals surface area (Å²) in [5.74, 6) is -0.946. The number of amides is 2. The largest absolute Gasteiger partial charge is 0.497 e. The molecule has 6 unspecified atom stereocenters. The van der Waals surface area contributed by atoms with E-state index in [-0.39, 0.29) is 82.7 Å². The molecule has 62 heavy (non-hydrogen) atoms. The molecule has 0 saturated heterocycles. The molecule has 0 spiro atoms. The first-order valence-corrected chi connectivity index (χ1v) is 21.3. The van der Waals surface area contributed by atoms with Crippen LogP contribution in [-0.2, 0) is 19.0 Å². The zero-order chi connectivity index (χ0) is 44.5. The lowest BCUT2D eigenvalue weighted by molar-refractivity contribution is -0.256. The number of aliphatic hydroxyl groups is 3. The number of methoxy groups -OCH3 is 2. The summed E-state index contributed by atoms with van der Waals surface area (Å²) in [6, 6.07) is 9.35. The molecule has 4 N–H and O–H groups in total. The quantitative estimate of drug-likeness (QED) is 0.0474. The SMILES string of the molecule is C=CCCOC(=O)N(CCOCCO)C1CC(=NOC)C2=CC(CCCCO)C(CCCCO)C3c4cc(OC(=O)Nc5ccc(OC)cc5OC)ccc4OC1(OCC=C)C23. The highest BCUT2D eigenvalue weighted by Gasteiger charge is 2.65. The van der Waals surface area contributed by atoms with Crippen LogP contribution in [0.2, 0.25) is 0 Å². The summed E-state index contributed by atoms with van der Waals surface area (Å²) in [6.07, 6.45) is 8.88. The van der Waals surface area contributed by atoms with Gasteiger partial charge in [-0.05, 0) is 79.8 Å². The van der Waals surface area contributed by atoms with Gasteiger partial charge in [0.1, 0.15) is 36.1 Å². The molecule has 5 rings (SSSR count). The van der Waals surface area contributed by atoms with Gasteiger partial charge in [-0.1, -0.05) is 36.2 Å². The lowest BCUT2D eigenvalue weighted by Crippen LogP contribution is -2.70. The van der Waals surface area contributed by atoms with Crippen molar-refractivity contribution in [2.75, 3.05) is 79.4 Å². The topological polar surface area (TPSA) is 196 Å². The fourth-order valence-electron chi connectivity index (χ4n) is 8.98. The molecule has 16 heteroatoms. The van der Waals surface area contributed by atoms with Crippen molar-refractivity contribution in [2.45, 2.75) is 69.1 Å². The number of carbonyl (C=O) groups is 2. The Labute approximate surface area is 364 Å². The number of carbonyl (C=O) groups excluding carboxylic acids is 2. The van der Waals surface area contributed by atoms with Crippen LogP contribution in [-0.4, -0.2) is 124 Å². The molecule has 1 aliphatic heterocycles. The van der Waals surface area contributed by atoms with Gasteiger partial charge in [0.25, 0.3) is 0 Å². The van der Waals surface area contributed by atoms with Gasteiger partial charge < -0.3 is 53.3 Å². The van der Waals surface area contributed by atoms with E-state index in [2.05, 4.69) is 29.7 Å². The number of aliphatic hydroxyl groups excluding tert-OH is 3. The maximum atomic E-state index is 14.3. The average Bonchev–Trinajstić information content (AvgIpc) is 3.27. The Balaban J connectivity index is 1.69. The summed E-state index contributed by atoms with van der Waals surface area (Å²) >= 11 is 0. The second-order valence-corrected chi connectivity index (χ2v) is 15.3. The molecule has 1 heterocycles. The number of nitrogens with zero attached hydrogens (tertiary/aromatic N) is 2. The van der Waals surface area contributed by atoms with Crippen LogP contribution < -0.4 is 24.3 Å². The molecule has 0 radical (unpaired) electrons. The van der Waals surface area contributed by atoms with E-state index in [1.165, 1.54) is 21.3 Å². The number of unbranched alkanes of at least 4 members (excludes halogenated alkanes) is 2. The summed E-state index contributed by atoms with van der Waals surface area (Å²) in [4.78, 5) is 34.8. The first-order chi connectivity index (χ1) is 30.2. The van der Waals surface area contributed by atoms with E-state index in [1.807, 2.05) is 6.07 Å². The number of nitrogens with one attached hydrogen (secondary N) is 1. The molecule has 340 valence electrons. The van der Waals surface area contributed by atoms with Crippen LogP contribution >= 0.6 is 0 Å². The molecule has 0 bridgehead atoms. The van der Waals surface area contributed by atoms with Crippen molar-refractivity contribution < 1.29 is 62.9 Å². The predicted molar refractivity (Wildman–Crippen MR) is 232 cm³/mol. The minimum absolute atomic E-state index is 0.0135. The lowest BCUT2D eigenvalue weighted by Gasteiger charge is -2.59. The Hall–Kier alpha value is -5.13. The summed E-state index contributed by atoms with van der Waals surface area (Å²) in [6.45, 7) is 7.99. The van der Waals surface area contributed by atoms with Gasteiger partial charge in [-0.15, -0.1) is 13.2 Å². The fraction of sp³-hybridized carbons (Fsp3) is 0.543. The molecule has 2 amide bonds. The van der Waals surface area contributed by atoms with Crippen LogP contribution in [0, 0.1) is 17.8 Å². The summed E-state index contributed by atoms with van der Waals surface area (Å²) in [5, 5.41) is 36.6. The first-order valence-electron chi connectivity index (χ1n) is 21.3. The normalized spacial score (nSPS) is 22.8. The number of anilines is 1. The third-order valence-electron chi connectivity index (χ3n) is 11.6. The van der Waals surface area contributed by atoms with Gasteiger partial charge in [0.05, 0.1) is 64.6 Å². The fourth-order valence-corrected chi connectivity index (χ4v) is 8.98. The van der Waals surface area contributed by atoms with Crippen molar-refractivity contribution in [1.29, 1.82) is 0 Å². The van der Waals surface area contributed by atoms with Crippen molar-refractivity contribution in [3.05, 3.63) is 78.9 Å². The zero-order valence-electron chi connectivity index (χ0n) is 36.1. The second kappa shape index (κ2) is 23.9. The lowest BCUT2D eigenvalue weighted by atomic mass is 9.55. The number of hydrogen-bond acceptors (Lipinski definition) is 14. The van der Waals surface area contributed by atoms with Crippen LogP contribution in [0.5, 0.6) is 23.0 Å². The van der Waals surface area contributed by atoms with Crippen molar-refractivity contribution in [3.8, 4) is 23.0 Å². The highest BCUT2D eigenvalue weighted by molar-refractivity contribution is 6.03. The van der Waals surface area contributed by atoms with Gasteiger partial charge >= 0.3 is 12.2 Å². The maximum absolute atomic E-state index is 14.3. The Morgan fingerprint density at radius 3 is 2.40 bits per heavy atom. The molecule has 1 fully saturated rings. The third-order valence-corrected chi connectivity index (χ3v) is 11.6. The van der Waals surface area contributed by atoms with Gasteiger partial charge in [0, 0.05) is 43.7 Å². The average molecular weight is 866 g/mol. The van der Waals surface area contributed by atoms with E-state index in [9.17, 15) is 24.9 Å². The van der Waals surface area contributed by atoms with E-state index >= 15 is 0 Å². The van der Waals surface area contributed by atoms with E-state index in [1.54, 1.807) is 47.4 Å². The van der Waals surface area contributed by atoms with Gasteiger partial charge in [-0.25, -0.2) is 9.59 Å². The standard InChI is InChI=1S/C46H63N3O13/c1-6-8-24-59-45(54)49(19-25-58-26-22-52)41-30-38(48-57-5)35-27-31(13-9-11-20-50)34(14-10-12-21-51)42-36-28-33(16-18-39(36)62-46(41,43(35)42)60-23-7-2)61-44(53)47-37-17-15-32(55-3)29-40(37)56-4/h6-7,15-18,27-29,31,34,41-43,50-52H,1-2,8-14,19-26,30H2,3-5H3,(H,47,53). The minimum atomic E-state index is -1.55. The second-order valence-electron chi connectivity index (χ2n) is 15.3. The number of oxime groups is 1. The van der Waals surface area contributed by atoms with Crippen molar-refractivity contribution in [1.82, 2.24) is 4.90 Å². The van der Waals surface area contributed by atoms with Gasteiger partial charge in [-0.2, -0.15) is 0 Å². The van der Waals surface area contributed by atoms with Gasteiger partial charge in [0.15, 0.2) is 0 Å². The van der Waals surface area contributed by atoms with E-state index < -0.39 is 29.9 Å². The number of hydrogen-bond donors (Lipinski definition) is 4. The van der Waals surface area contributed by atoms with E-state index in [0.29, 0.717) is 54.3 Å². The maximum Gasteiger partial charge on any atom is 0.417 e. The summed E-state index contributed by atoms with van der Waals surface area (Å²) in [7, 11) is 4.50. The molecule has 6 atom stereocenters. The van der Waals surface area contributed by atoms with E-state index in [4.69, 9.17) is 38.0 Å². The first kappa shape index (κ1) is 47.9. The van der Waals surface area contributed by atoms with Crippen molar-refractivity contribution in [2.24, 2.45) is 22.9 Å². The van der Waals surface area contributed by atoms with Crippen molar-refractivity contribution in [3.63, 3.8) is 0 Å². The Kier molecular flexibility index (Phi) is 18.5. The number of allylic oxidation sites excluding steroid dienone is 1. The van der Waals surface area contributed by atoms with Crippen molar-refractivity contribution >= 4 is 23.6 Å². The molecule has 0 aromatic heterocycles. The smallest absolute Gasteiger partial charge is 0.417 e. The number of fused-ring (bicyclic) bond motifs is 2. The highest BCUT2D eigenvalue weighted by Crippen LogP contribution is 2.62. The number of ether oxygens (including phenoxy) is 7. The third kappa shape index (κ3) is 11.3. The Morgan fingerprint density at radius 2 is 1.71 bits per heavy atom. The van der Waals surface area contributed by atoms with Crippen LogP contribution in [0.4, 0.5) is 15.3 Å². The molecule has 16 nitrogen and oxygen atoms in total. The van der Waals surface area contributed by atoms with Gasteiger partial charge in [-0.3, -0.25) is 10.2 Å². The van der Waals surface area contributed by atoms with E-state index in [0.717, 1.165) is 30.4 Å². The van der Waals surface area contributed by atoms with Gasteiger partial charge in [0.2, 0.25) is 5.79 Å². The Morgan fingerprint density at radius 1 is 0.935 bits per heavy atom. The van der Waals surface area contributed by atoms with Crippen LogP contribution in [0.1, 0.15) is 62.8 Å². The Bertz CT molecular complexity index is 1870. The molecule has 2 aliphatic carbocycles. The molecular weight excluding hydrogens is 803 g/mol. The van der Waals surface area contributed by atoms with Crippen LogP contribution in [0.25, 0.3) is 0 Å². The zero-order valence-corrected chi connectivity index (χ0v) is 36.1. The number of rotatable bonds is 25. The highest BCUT2D eigenvalue weighted by atomic mass is 16.7. The van der Waals surface area contributed by atoms with Crippen LogP contribution in [0.15, 0.2) is 78.5 Å². The molecular formula is C46H63N3O13. The summed E-state index contributed by atoms with van der Waals surface area (Å²) in [5.41, 5.74) is 2.57. The molecule has 1 saturated carbocycles. The molecule has 2 aromatic rings. The minimum Gasteiger partial charge on any atom is -0.497 e. The molecule has 3 aliphatic rings. The predicted octanol–water partition coefficient (Wildman–Crippen LogP) is 6.60. The summed E-state index contributed by atoms with van der Waals surface area (Å²) < 4.78 is 42.3. The monoisotopic (exact) mass is 865 g/mol. The molecule has 2 aromatic carbocycles. The van der Waals surface area contributed by atoms with Crippen LogP contribution in [0.3, 0.4) is 0 Å². The number of benzene rings is 2.